The lowest BCUT2D eigenvalue weighted by molar-refractivity contribution is 0.360. The number of pyridine rings is 1. The first-order valence-corrected chi connectivity index (χ1v) is 5.81. The standard InChI is InChI=1S/C13H22N2/c1-5-10(2)11(3)15-12(4)13-7-6-8-14-9-13/h6-12,15H,5H2,1-4H3/t10-,11-,12-/m0/s1. The van der Waals surface area contributed by atoms with Gasteiger partial charge < -0.3 is 5.32 Å². The summed E-state index contributed by atoms with van der Waals surface area (Å²) >= 11 is 0. The second kappa shape index (κ2) is 5.86. The Labute approximate surface area is 93.1 Å². The van der Waals surface area contributed by atoms with E-state index in [2.05, 4.69) is 44.1 Å². The number of hydrogen-bond donors (Lipinski definition) is 1. The SMILES string of the molecule is CC[C@H](C)[C@H](C)N[C@@H](C)c1cccnc1. The molecule has 1 aromatic rings. The molecule has 1 N–H and O–H groups in total. The molecule has 0 aliphatic heterocycles. The van der Waals surface area contributed by atoms with Crippen molar-refractivity contribution in [2.24, 2.45) is 5.92 Å². The Morgan fingerprint density at radius 3 is 2.60 bits per heavy atom. The topological polar surface area (TPSA) is 24.9 Å². The van der Waals surface area contributed by atoms with Crippen LogP contribution in [0, 0.1) is 5.92 Å². The highest BCUT2D eigenvalue weighted by molar-refractivity contribution is 5.12. The van der Waals surface area contributed by atoms with E-state index < -0.39 is 0 Å². The number of nitrogens with one attached hydrogen (secondary N) is 1. The van der Waals surface area contributed by atoms with Crippen molar-refractivity contribution < 1.29 is 0 Å². The molecule has 2 heteroatoms. The van der Waals surface area contributed by atoms with Crippen LogP contribution in [0.2, 0.25) is 0 Å². The molecule has 0 aliphatic carbocycles. The lowest BCUT2D eigenvalue weighted by Gasteiger charge is -2.24. The molecule has 0 bridgehead atoms. The van der Waals surface area contributed by atoms with Gasteiger partial charge in [0.1, 0.15) is 0 Å². The van der Waals surface area contributed by atoms with Gasteiger partial charge >= 0.3 is 0 Å². The van der Waals surface area contributed by atoms with Gasteiger partial charge in [-0.05, 0) is 31.4 Å². The van der Waals surface area contributed by atoms with E-state index in [1.165, 1.54) is 12.0 Å². The van der Waals surface area contributed by atoms with E-state index in [1.54, 1.807) is 0 Å². The summed E-state index contributed by atoms with van der Waals surface area (Å²) in [4.78, 5) is 4.14. The van der Waals surface area contributed by atoms with Crippen LogP contribution in [-0.2, 0) is 0 Å². The molecule has 0 spiro atoms. The number of nitrogens with zero attached hydrogens (tertiary/aromatic N) is 1. The van der Waals surface area contributed by atoms with Crippen LogP contribution in [0.25, 0.3) is 0 Å². The van der Waals surface area contributed by atoms with Gasteiger partial charge in [0.2, 0.25) is 0 Å². The van der Waals surface area contributed by atoms with E-state index in [9.17, 15) is 0 Å². The van der Waals surface area contributed by atoms with Gasteiger partial charge in [-0.3, -0.25) is 4.98 Å². The third-order valence-corrected chi connectivity index (χ3v) is 3.19. The van der Waals surface area contributed by atoms with Crippen LogP contribution in [0.5, 0.6) is 0 Å². The van der Waals surface area contributed by atoms with Crippen LogP contribution < -0.4 is 5.32 Å². The molecule has 0 unspecified atom stereocenters. The van der Waals surface area contributed by atoms with Gasteiger partial charge in [0.15, 0.2) is 0 Å². The zero-order chi connectivity index (χ0) is 11.3. The second-order valence-corrected chi connectivity index (χ2v) is 4.35. The van der Waals surface area contributed by atoms with Crippen molar-refractivity contribution in [1.29, 1.82) is 0 Å². The fourth-order valence-electron chi connectivity index (χ4n) is 1.64. The van der Waals surface area contributed by atoms with Crippen LogP contribution >= 0.6 is 0 Å². The van der Waals surface area contributed by atoms with E-state index in [-0.39, 0.29) is 0 Å². The molecule has 1 heterocycles. The highest BCUT2D eigenvalue weighted by Crippen LogP contribution is 2.14. The average molecular weight is 206 g/mol. The van der Waals surface area contributed by atoms with Gasteiger partial charge in [0.05, 0.1) is 0 Å². The Kier molecular flexibility index (Phi) is 4.76. The second-order valence-electron chi connectivity index (χ2n) is 4.35. The van der Waals surface area contributed by atoms with Gasteiger partial charge in [-0.1, -0.05) is 26.3 Å². The summed E-state index contributed by atoms with van der Waals surface area (Å²) in [5.74, 6) is 0.712. The minimum absolute atomic E-state index is 0.378. The fourth-order valence-corrected chi connectivity index (χ4v) is 1.64. The third-order valence-electron chi connectivity index (χ3n) is 3.19. The van der Waals surface area contributed by atoms with Crippen molar-refractivity contribution in [3.8, 4) is 0 Å². The fraction of sp³-hybridized carbons (Fsp3) is 0.615. The van der Waals surface area contributed by atoms with Crippen molar-refractivity contribution >= 4 is 0 Å². The Hall–Kier alpha value is -0.890. The Bertz CT molecular complexity index is 271. The molecule has 1 aromatic heterocycles. The largest absolute Gasteiger partial charge is 0.307 e. The smallest absolute Gasteiger partial charge is 0.0315 e. The highest BCUT2D eigenvalue weighted by Gasteiger charge is 2.13. The van der Waals surface area contributed by atoms with Crippen LogP contribution in [-0.4, -0.2) is 11.0 Å². The third kappa shape index (κ3) is 3.63. The zero-order valence-electron chi connectivity index (χ0n) is 10.2. The van der Waals surface area contributed by atoms with E-state index in [1.807, 2.05) is 18.5 Å². The monoisotopic (exact) mass is 206 g/mol. The molecular weight excluding hydrogens is 184 g/mol. The van der Waals surface area contributed by atoms with Gasteiger partial charge in [-0.25, -0.2) is 0 Å². The molecule has 84 valence electrons. The van der Waals surface area contributed by atoms with E-state index in [4.69, 9.17) is 0 Å². The van der Waals surface area contributed by atoms with Crippen molar-refractivity contribution in [1.82, 2.24) is 10.3 Å². The first-order valence-electron chi connectivity index (χ1n) is 5.81. The minimum atomic E-state index is 0.378. The number of aromatic nitrogens is 1. The molecule has 0 radical (unpaired) electrons. The predicted octanol–water partition coefficient (Wildman–Crippen LogP) is 3.17. The Morgan fingerprint density at radius 1 is 1.33 bits per heavy atom. The zero-order valence-corrected chi connectivity index (χ0v) is 10.2. The van der Waals surface area contributed by atoms with Crippen LogP contribution in [0.4, 0.5) is 0 Å². The lowest BCUT2D eigenvalue weighted by atomic mass is 9.99. The maximum absolute atomic E-state index is 4.14. The van der Waals surface area contributed by atoms with Crippen molar-refractivity contribution in [3.63, 3.8) is 0 Å². The number of hydrogen-bond acceptors (Lipinski definition) is 2. The molecule has 0 aromatic carbocycles. The molecule has 2 nitrogen and oxygen atoms in total. The maximum atomic E-state index is 4.14. The van der Waals surface area contributed by atoms with Crippen LogP contribution in [0.3, 0.4) is 0 Å². The Morgan fingerprint density at radius 2 is 2.07 bits per heavy atom. The molecule has 0 saturated heterocycles. The van der Waals surface area contributed by atoms with E-state index >= 15 is 0 Å². The minimum Gasteiger partial charge on any atom is -0.307 e. The van der Waals surface area contributed by atoms with E-state index in [0.717, 1.165) is 0 Å². The molecule has 15 heavy (non-hydrogen) atoms. The summed E-state index contributed by atoms with van der Waals surface area (Å²) in [5.41, 5.74) is 1.26. The summed E-state index contributed by atoms with van der Waals surface area (Å²) in [6.45, 7) is 8.96. The van der Waals surface area contributed by atoms with Crippen molar-refractivity contribution in [2.75, 3.05) is 0 Å². The quantitative estimate of drug-likeness (QED) is 0.800. The maximum Gasteiger partial charge on any atom is 0.0315 e. The molecule has 0 aliphatic rings. The summed E-state index contributed by atoms with van der Waals surface area (Å²) in [5, 5.41) is 3.61. The molecule has 1 rings (SSSR count). The normalized spacial score (nSPS) is 17.1. The first kappa shape index (κ1) is 12.2. The molecule has 0 fully saturated rings. The Balaban J connectivity index is 2.52. The predicted molar refractivity (Wildman–Crippen MR) is 64.7 cm³/mol. The molecule has 0 saturated carbocycles. The van der Waals surface area contributed by atoms with E-state index in [0.29, 0.717) is 18.0 Å². The van der Waals surface area contributed by atoms with Crippen LogP contribution in [0.1, 0.15) is 45.7 Å². The van der Waals surface area contributed by atoms with Gasteiger partial charge in [0.25, 0.3) is 0 Å². The van der Waals surface area contributed by atoms with Gasteiger partial charge in [-0.15, -0.1) is 0 Å². The molecule has 0 amide bonds. The summed E-state index contributed by atoms with van der Waals surface area (Å²) in [7, 11) is 0. The summed E-state index contributed by atoms with van der Waals surface area (Å²) < 4.78 is 0. The van der Waals surface area contributed by atoms with Crippen molar-refractivity contribution in [3.05, 3.63) is 30.1 Å². The van der Waals surface area contributed by atoms with Gasteiger partial charge in [-0.2, -0.15) is 0 Å². The van der Waals surface area contributed by atoms with Crippen molar-refractivity contribution in [2.45, 2.75) is 46.2 Å². The molecular formula is C13H22N2. The van der Waals surface area contributed by atoms with Crippen LogP contribution in [0.15, 0.2) is 24.5 Å². The highest BCUT2D eigenvalue weighted by atomic mass is 14.9. The summed E-state index contributed by atoms with van der Waals surface area (Å²) in [6, 6.07) is 5.03. The van der Waals surface area contributed by atoms with Gasteiger partial charge in [0, 0.05) is 24.5 Å². The lowest BCUT2D eigenvalue weighted by Crippen LogP contribution is -2.33. The molecule has 3 atom stereocenters. The average Bonchev–Trinajstić information content (AvgIpc) is 2.29. The first-order chi connectivity index (χ1) is 7.15. The number of rotatable bonds is 5. The summed E-state index contributed by atoms with van der Waals surface area (Å²) in [6.07, 6.45) is 4.96.